The predicted molar refractivity (Wildman–Crippen MR) is 64.4 cm³/mol. The molecule has 0 aromatic heterocycles. The lowest BCUT2D eigenvalue weighted by Crippen LogP contribution is -2.55. The molecule has 0 aromatic carbocycles. The minimum Gasteiger partial charge on any atom is -0.339 e. The molecule has 0 aromatic rings. The molecule has 0 saturated carbocycles. The lowest BCUT2D eigenvalue weighted by Gasteiger charge is -2.39. The molecule has 2 aliphatic rings. The van der Waals surface area contributed by atoms with Gasteiger partial charge in [0, 0.05) is 30.6 Å². The van der Waals surface area contributed by atoms with Crippen LogP contribution in [0.5, 0.6) is 0 Å². The standard InChI is InChI=1S/C11H19N5O/c1-9-4-2-3-5-16(9)11(17)8-15-6-10(7-15)13-14-12/h9-10H,2-8H2,1H3. The summed E-state index contributed by atoms with van der Waals surface area (Å²) >= 11 is 0. The third-order valence-electron chi connectivity index (χ3n) is 3.64. The summed E-state index contributed by atoms with van der Waals surface area (Å²) in [4.78, 5) is 18.9. The maximum absolute atomic E-state index is 12.1. The molecule has 2 heterocycles. The van der Waals surface area contributed by atoms with E-state index in [0.717, 1.165) is 32.5 Å². The van der Waals surface area contributed by atoms with Crippen LogP contribution in [0, 0.1) is 0 Å². The molecular weight excluding hydrogens is 218 g/mol. The van der Waals surface area contributed by atoms with Gasteiger partial charge in [0.1, 0.15) is 0 Å². The van der Waals surface area contributed by atoms with Crippen molar-refractivity contribution in [3.63, 3.8) is 0 Å². The number of hydrogen-bond acceptors (Lipinski definition) is 3. The third kappa shape index (κ3) is 2.90. The minimum atomic E-state index is 0.0616. The van der Waals surface area contributed by atoms with E-state index in [1.165, 1.54) is 6.42 Å². The summed E-state index contributed by atoms with van der Waals surface area (Å²) in [7, 11) is 0. The first-order valence-corrected chi connectivity index (χ1v) is 6.26. The van der Waals surface area contributed by atoms with E-state index in [4.69, 9.17) is 5.53 Å². The van der Waals surface area contributed by atoms with Crippen molar-refractivity contribution in [1.29, 1.82) is 0 Å². The Kier molecular flexibility index (Phi) is 3.86. The third-order valence-corrected chi connectivity index (χ3v) is 3.64. The van der Waals surface area contributed by atoms with Crippen LogP contribution in [0.1, 0.15) is 26.2 Å². The summed E-state index contributed by atoms with van der Waals surface area (Å²) in [5.41, 5.74) is 8.27. The molecule has 1 unspecified atom stereocenters. The van der Waals surface area contributed by atoms with E-state index >= 15 is 0 Å². The molecule has 17 heavy (non-hydrogen) atoms. The van der Waals surface area contributed by atoms with Gasteiger partial charge in [-0.25, -0.2) is 0 Å². The Morgan fingerprint density at radius 3 is 2.88 bits per heavy atom. The van der Waals surface area contributed by atoms with Gasteiger partial charge in [-0.1, -0.05) is 5.11 Å². The fourth-order valence-electron chi connectivity index (χ4n) is 2.57. The van der Waals surface area contributed by atoms with Crippen LogP contribution in [-0.2, 0) is 4.79 Å². The van der Waals surface area contributed by atoms with E-state index < -0.39 is 0 Å². The Morgan fingerprint density at radius 1 is 1.47 bits per heavy atom. The molecule has 0 aliphatic carbocycles. The number of carbonyl (C=O) groups excluding carboxylic acids is 1. The van der Waals surface area contributed by atoms with Crippen molar-refractivity contribution in [2.75, 3.05) is 26.2 Å². The number of hydrogen-bond donors (Lipinski definition) is 0. The first-order chi connectivity index (χ1) is 8.20. The van der Waals surface area contributed by atoms with Gasteiger partial charge in [-0.15, -0.1) is 0 Å². The summed E-state index contributed by atoms with van der Waals surface area (Å²) in [5.74, 6) is 0.219. The van der Waals surface area contributed by atoms with Crippen LogP contribution in [0.3, 0.4) is 0 Å². The number of amides is 1. The average Bonchev–Trinajstić information content (AvgIpc) is 2.26. The van der Waals surface area contributed by atoms with Gasteiger partial charge < -0.3 is 4.90 Å². The summed E-state index contributed by atoms with van der Waals surface area (Å²) < 4.78 is 0. The van der Waals surface area contributed by atoms with E-state index in [1.807, 2.05) is 9.80 Å². The molecule has 6 nitrogen and oxygen atoms in total. The molecule has 1 amide bonds. The minimum absolute atomic E-state index is 0.0616. The molecule has 0 spiro atoms. The van der Waals surface area contributed by atoms with Crippen molar-refractivity contribution >= 4 is 5.91 Å². The zero-order valence-corrected chi connectivity index (χ0v) is 10.2. The molecule has 2 aliphatic heterocycles. The maximum atomic E-state index is 12.1. The van der Waals surface area contributed by atoms with Gasteiger partial charge in [0.2, 0.25) is 5.91 Å². The van der Waals surface area contributed by atoms with Crippen molar-refractivity contribution in [3.8, 4) is 0 Å². The fourth-order valence-corrected chi connectivity index (χ4v) is 2.57. The number of nitrogens with zero attached hydrogens (tertiary/aromatic N) is 5. The topological polar surface area (TPSA) is 72.3 Å². The highest BCUT2D eigenvalue weighted by Gasteiger charge is 2.30. The first-order valence-electron chi connectivity index (χ1n) is 6.26. The largest absolute Gasteiger partial charge is 0.339 e. The van der Waals surface area contributed by atoms with Gasteiger partial charge in [0.05, 0.1) is 12.6 Å². The molecule has 0 N–H and O–H groups in total. The smallest absolute Gasteiger partial charge is 0.236 e. The van der Waals surface area contributed by atoms with Crippen LogP contribution in [0.2, 0.25) is 0 Å². The van der Waals surface area contributed by atoms with Crippen molar-refractivity contribution in [2.24, 2.45) is 5.11 Å². The van der Waals surface area contributed by atoms with E-state index in [0.29, 0.717) is 12.6 Å². The Bertz CT molecular complexity index is 333. The zero-order chi connectivity index (χ0) is 12.3. The van der Waals surface area contributed by atoms with Gasteiger partial charge in [-0.2, -0.15) is 0 Å². The molecule has 2 saturated heterocycles. The SMILES string of the molecule is CC1CCCCN1C(=O)CN1CC(N=[N+]=[N-])C1. The highest BCUT2D eigenvalue weighted by molar-refractivity contribution is 5.78. The lowest BCUT2D eigenvalue weighted by atomic mass is 10.0. The zero-order valence-electron chi connectivity index (χ0n) is 10.2. The normalized spacial score (nSPS) is 26.2. The van der Waals surface area contributed by atoms with Gasteiger partial charge in [0.15, 0.2) is 0 Å². The summed E-state index contributed by atoms with van der Waals surface area (Å²) in [5, 5.41) is 3.63. The van der Waals surface area contributed by atoms with E-state index in [9.17, 15) is 4.79 Å². The monoisotopic (exact) mass is 237 g/mol. The number of rotatable bonds is 3. The van der Waals surface area contributed by atoms with Crippen LogP contribution in [0.25, 0.3) is 10.4 Å². The molecule has 0 radical (unpaired) electrons. The summed E-state index contributed by atoms with van der Waals surface area (Å²) in [6.07, 6.45) is 3.47. The Hall–Kier alpha value is -1.26. The van der Waals surface area contributed by atoms with Crippen LogP contribution in [0.15, 0.2) is 5.11 Å². The molecule has 6 heteroatoms. The van der Waals surface area contributed by atoms with Crippen LogP contribution in [0.4, 0.5) is 0 Å². The highest BCUT2D eigenvalue weighted by Crippen LogP contribution is 2.18. The second kappa shape index (κ2) is 5.38. The second-order valence-electron chi connectivity index (χ2n) is 4.98. The van der Waals surface area contributed by atoms with Crippen LogP contribution in [-0.4, -0.2) is 54.0 Å². The van der Waals surface area contributed by atoms with Gasteiger partial charge >= 0.3 is 0 Å². The summed E-state index contributed by atoms with van der Waals surface area (Å²) in [6.45, 7) is 4.93. The predicted octanol–water partition coefficient (Wildman–Crippen LogP) is 1.38. The maximum Gasteiger partial charge on any atom is 0.236 e. The molecule has 2 rings (SSSR count). The van der Waals surface area contributed by atoms with Crippen molar-refractivity contribution in [3.05, 3.63) is 10.4 Å². The van der Waals surface area contributed by atoms with Crippen molar-refractivity contribution in [1.82, 2.24) is 9.80 Å². The van der Waals surface area contributed by atoms with Crippen molar-refractivity contribution in [2.45, 2.75) is 38.3 Å². The number of carbonyl (C=O) groups is 1. The van der Waals surface area contributed by atoms with Crippen LogP contribution >= 0.6 is 0 Å². The number of likely N-dealkylation sites (tertiary alicyclic amines) is 2. The van der Waals surface area contributed by atoms with Crippen molar-refractivity contribution < 1.29 is 4.79 Å². The lowest BCUT2D eigenvalue weighted by molar-refractivity contribution is -0.136. The molecule has 0 bridgehead atoms. The fraction of sp³-hybridized carbons (Fsp3) is 0.909. The van der Waals surface area contributed by atoms with Gasteiger partial charge in [0.25, 0.3) is 0 Å². The molecular formula is C11H19N5O. The second-order valence-corrected chi connectivity index (χ2v) is 4.98. The first kappa shape index (κ1) is 12.2. The van der Waals surface area contributed by atoms with Gasteiger partial charge in [-0.3, -0.25) is 9.69 Å². The quantitative estimate of drug-likeness (QED) is 0.422. The molecule has 1 atom stereocenters. The Labute approximate surface area is 101 Å². The van der Waals surface area contributed by atoms with Gasteiger partial charge in [-0.05, 0) is 31.7 Å². The van der Waals surface area contributed by atoms with E-state index in [-0.39, 0.29) is 11.9 Å². The molecule has 2 fully saturated rings. The number of piperidine rings is 1. The van der Waals surface area contributed by atoms with E-state index in [2.05, 4.69) is 16.9 Å². The number of azide groups is 1. The van der Waals surface area contributed by atoms with Crippen LogP contribution < -0.4 is 0 Å². The molecule has 94 valence electrons. The van der Waals surface area contributed by atoms with E-state index in [1.54, 1.807) is 0 Å². The average molecular weight is 237 g/mol. The Balaban J connectivity index is 1.76. The highest BCUT2D eigenvalue weighted by atomic mass is 16.2. The summed E-state index contributed by atoms with van der Waals surface area (Å²) in [6, 6.07) is 0.442. The Morgan fingerprint density at radius 2 is 2.24 bits per heavy atom.